The highest BCUT2D eigenvalue weighted by Crippen LogP contribution is 2.28. The lowest BCUT2D eigenvalue weighted by Gasteiger charge is -2.22. The largest absolute Gasteiger partial charge is 0.481 e. The van der Waals surface area contributed by atoms with Gasteiger partial charge in [0.05, 0.1) is 31.5 Å². The Morgan fingerprint density at radius 2 is 1.24 bits per heavy atom. The van der Waals surface area contributed by atoms with Crippen molar-refractivity contribution in [3.8, 4) is 0 Å². The summed E-state index contributed by atoms with van der Waals surface area (Å²) in [7, 11) is 0. The molecule has 8 heteroatoms. The van der Waals surface area contributed by atoms with Gasteiger partial charge in [0, 0.05) is 5.57 Å². The molecule has 25 heavy (non-hydrogen) atoms. The molecule has 2 N–H and O–H groups in total. The molecule has 0 aliphatic heterocycles. The van der Waals surface area contributed by atoms with Gasteiger partial charge in [-0.05, 0) is 32.3 Å². The van der Waals surface area contributed by atoms with Crippen LogP contribution in [-0.4, -0.2) is 47.3 Å². The van der Waals surface area contributed by atoms with E-state index >= 15 is 0 Å². The zero-order valence-corrected chi connectivity index (χ0v) is 15.0. The van der Waals surface area contributed by atoms with Crippen LogP contribution in [0.5, 0.6) is 0 Å². The third-order valence-electron chi connectivity index (χ3n) is 3.47. The van der Waals surface area contributed by atoms with Gasteiger partial charge in [-0.15, -0.1) is 0 Å². The van der Waals surface area contributed by atoms with Gasteiger partial charge in [0.1, 0.15) is 0 Å². The van der Waals surface area contributed by atoms with Crippen LogP contribution in [0.1, 0.15) is 47.0 Å². The number of esters is 2. The molecule has 0 bridgehead atoms. The fraction of sp³-hybridized carbons (Fsp3) is 0.647. The highest BCUT2D eigenvalue weighted by atomic mass is 16.5. The van der Waals surface area contributed by atoms with Gasteiger partial charge in [-0.3, -0.25) is 14.4 Å². The first-order valence-electron chi connectivity index (χ1n) is 8.18. The first-order chi connectivity index (χ1) is 11.7. The van der Waals surface area contributed by atoms with Crippen molar-refractivity contribution < 1.29 is 38.9 Å². The van der Waals surface area contributed by atoms with Crippen LogP contribution in [0.3, 0.4) is 0 Å². The van der Waals surface area contributed by atoms with Crippen LogP contribution in [-0.2, 0) is 28.7 Å². The Labute approximate surface area is 146 Å². The maximum absolute atomic E-state index is 12.1. The van der Waals surface area contributed by atoms with E-state index in [-0.39, 0.29) is 18.8 Å². The van der Waals surface area contributed by atoms with Crippen molar-refractivity contribution in [1.82, 2.24) is 0 Å². The van der Waals surface area contributed by atoms with Gasteiger partial charge >= 0.3 is 23.9 Å². The molecular formula is C17H26O8. The number of aliphatic carboxylic acids is 2. The van der Waals surface area contributed by atoms with Crippen LogP contribution < -0.4 is 0 Å². The van der Waals surface area contributed by atoms with E-state index in [1.54, 1.807) is 13.8 Å². The molecule has 142 valence electrons. The predicted molar refractivity (Wildman–Crippen MR) is 87.7 cm³/mol. The number of hydrogen-bond acceptors (Lipinski definition) is 6. The van der Waals surface area contributed by atoms with E-state index in [9.17, 15) is 24.3 Å². The average Bonchev–Trinajstić information content (AvgIpc) is 2.55. The monoisotopic (exact) mass is 358 g/mol. The minimum Gasteiger partial charge on any atom is -0.481 e. The van der Waals surface area contributed by atoms with Crippen molar-refractivity contribution in [3.63, 3.8) is 0 Å². The summed E-state index contributed by atoms with van der Waals surface area (Å²) in [4.78, 5) is 46.8. The molecule has 0 spiro atoms. The molecule has 0 fully saturated rings. The molecular weight excluding hydrogens is 332 g/mol. The van der Waals surface area contributed by atoms with Gasteiger partial charge in [0.2, 0.25) is 0 Å². The van der Waals surface area contributed by atoms with Gasteiger partial charge in [0.25, 0.3) is 0 Å². The standard InChI is InChI=1S/C17H26O8/c1-5-7-24-16(22)10(3)14(11(4)17(23)25-8-6-2)12(15(20)21)9-13(18)19/h10-11H,5-9H2,1-4H3,(H,18,19)(H,20,21). The Balaban J connectivity index is 5.92. The third kappa shape index (κ3) is 7.36. The van der Waals surface area contributed by atoms with E-state index in [0.29, 0.717) is 12.8 Å². The maximum atomic E-state index is 12.1. The highest BCUT2D eigenvalue weighted by molar-refractivity contribution is 5.96. The number of ether oxygens (including phenoxy) is 2. The van der Waals surface area contributed by atoms with Crippen molar-refractivity contribution in [3.05, 3.63) is 11.1 Å². The summed E-state index contributed by atoms with van der Waals surface area (Å²) in [6.45, 7) is 6.67. The number of carbonyl (C=O) groups excluding carboxylic acids is 2. The molecule has 0 aliphatic rings. The second-order valence-electron chi connectivity index (χ2n) is 5.59. The van der Waals surface area contributed by atoms with Crippen LogP contribution in [0, 0.1) is 11.8 Å². The second-order valence-corrected chi connectivity index (χ2v) is 5.59. The molecule has 0 aromatic heterocycles. The average molecular weight is 358 g/mol. The van der Waals surface area contributed by atoms with E-state index in [2.05, 4.69) is 0 Å². The fourth-order valence-corrected chi connectivity index (χ4v) is 2.26. The zero-order chi connectivity index (χ0) is 19.6. The molecule has 0 radical (unpaired) electrons. The molecule has 2 atom stereocenters. The quantitative estimate of drug-likeness (QED) is 0.424. The zero-order valence-electron chi connectivity index (χ0n) is 15.0. The first kappa shape index (κ1) is 22.6. The summed E-state index contributed by atoms with van der Waals surface area (Å²) in [5.74, 6) is -6.46. The Morgan fingerprint density at radius 1 is 0.840 bits per heavy atom. The summed E-state index contributed by atoms with van der Waals surface area (Å²) >= 11 is 0. The van der Waals surface area contributed by atoms with Crippen molar-refractivity contribution in [1.29, 1.82) is 0 Å². The molecule has 0 aliphatic carbocycles. The van der Waals surface area contributed by atoms with Crippen LogP contribution in [0.25, 0.3) is 0 Å². The Bertz CT molecular complexity index is 507. The van der Waals surface area contributed by atoms with Crippen molar-refractivity contribution in [2.24, 2.45) is 11.8 Å². The van der Waals surface area contributed by atoms with Crippen molar-refractivity contribution >= 4 is 23.9 Å². The molecule has 2 unspecified atom stereocenters. The van der Waals surface area contributed by atoms with E-state index < -0.39 is 47.7 Å². The van der Waals surface area contributed by atoms with Crippen LogP contribution in [0.2, 0.25) is 0 Å². The van der Waals surface area contributed by atoms with E-state index in [1.165, 1.54) is 13.8 Å². The Morgan fingerprint density at radius 3 is 1.52 bits per heavy atom. The van der Waals surface area contributed by atoms with Crippen LogP contribution in [0.4, 0.5) is 0 Å². The summed E-state index contributed by atoms with van der Waals surface area (Å²) in [5, 5.41) is 18.4. The maximum Gasteiger partial charge on any atom is 0.332 e. The van der Waals surface area contributed by atoms with E-state index in [1.807, 2.05) is 0 Å². The summed E-state index contributed by atoms with van der Waals surface area (Å²) in [6, 6.07) is 0. The highest BCUT2D eigenvalue weighted by Gasteiger charge is 2.34. The molecule has 0 aromatic rings. The molecule has 0 aromatic carbocycles. The van der Waals surface area contributed by atoms with Gasteiger partial charge in [-0.1, -0.05) is 13.8 Å². The molecule has 0 rings (SSSR count). The molecule has 0 amide bonds. The number of rotatable bonds is 11. The van der Waals surface area contributed by atoms with Gasteiger partial charge in [0.15, 0.2) is 0 Å². The Kier molecular flexibility index (Phi) is 10.2. The molecule has 0 saturated heterocycles. The summed E-state index contributed by atoms with van der Waals surface area (Å²) in [5.41, 5.74) is -0.605. The van der Waals surface area contributed by atoms with Gasteiger partial charge in [-0.2, -0.15) is 0 Å². The summed E-state index contributed by atoms with van der Waals surface area (Å²) < 4.78 is 10.0. The number of carbonyl (C=O) groups is 4. The topological polar surface area (TPSA) is 127 Å². The smallest absolute Gasteiger partial charge is 0.332 e. The van der Waals surface area contributed by atoms with Crippen molar-refractivity contribution in [2.75, 3.05) is 13.2 Å². The summed E-state index contributed by atoms with van der Waals surface area (Å²) in [6.07, 6.45) is 0.334. The van der Waals surface area contributed by atoms with Crippen molar-refractivity contribution in [2.45, 2.75) is 47.0 Å². The first-order valence-corrected chi connectivity index (χ1v) is 8.18. The van der Waals surface area contributed by atoms with E-state index in [4.69, 9.17) is 14.6 Å². The lowest BCUT2D eigenvalue weighted by molar-refractivity contribution is -0.149. The molecule has 0 saturated carbocycles. The van der Waals surface area contributed by atoms with Gasteiger partial charge < -0.3 is 19.7 Å². The fourth-order valence-electron chi connectivity index (χ4n) is 2.26. The van der Waals surface area contributed by atoms with Crippen LogP contribution in [0.15, 0.2) is 11.1 Å². The third-order valence-corrected chi connectivity index (χ3v) is 3.47. The second kappa shape index (κ2) is 11.2. The molecule has 8 nitrogen and oxygen atoms in total. The normalized spacial score (nSPS) is 12.6. The number of carboxylic acid groups (broad SMARTS) is 2. The lowest BCUT2D eigenvalue weighted by atomic mass is 9.84. The number of carboxylic acids is 2. The Hall–Kier alpha value is -2.38. The van der Waals surface area contributed by atoms with Gasteiger partial charge in [-0.25, -0.2) is 4.79 Å². The molecule has 0 heterocycles. The minimum atomic E-state index is -1.50. The van der Waals surface area contributed by atoms with E-state index in [0.717, 1.165) is 0 Å². The minimum absolute atomic E-state index is 0.0999. The SMILES string of the molecule is CCCOC(=O)C(C)C(=C(CC(=O)O)C(=O)O)C(C)C(=O)OCCC. The van der Waals surface area contributed by atoms with Crippen LogP contribution >= 0.6 is 0 Å². The number of hydrogen-bond donors (Lipinski definition) is 2. The lowest BCUT2D eigenvalue weighted by Crippen LogP contribution is -2.29. The predicted octanol–water partition coefficient (Wildman–Crippen LogP) is 2.02.